The number of hydrogen-bond donors (Lipinski definition) is 1. The molecule has 0 radical (unpaired) electrons. The summed E-state index contributed by atoms with van der Waals surface area (Å²) in [5, 5.41) is 7.12. The predicted molar refractivity (Wildman–Crippen MR) is 98.6 cm³/mol. The van der Waals surface area contributed by atoms with Crippen LogP contribution in [0.1, 0.15) is 47.7 Å². The van der Waals surface area contributed by atoms with Gasteiger partial charge in [-0.2, -0.15) is 5.10 Å². The van der Waals surface area contributed by atoms with Gasteiger partial charge in [0.2, 0.25) is 11.8 Å². The zero-order valence-corrected chi connectivity index (χ0v) is 15.8. The highest BCUT2D eigenvalue weighted by atomic mass is 19.1. The van der Waals surface area contributed by atoms with Crippen LogP contribution in [0.2, 0.25) is 0 Å². The van der Waals surface area contributed by atoms with Gasteiger partial charge in [-0.3, -0.25) is 14.3 Å². The largest absolute Gasteiger partial charge is 0.335 e. The van der Waals surface area contributed by atoms with Gasteiger partial charge >= 0.3 is 0 Å². The first-order chi connectivity index (χ1) is 12.8. The topological polar surface area (TPSA) is 67.2 Å². The van der Waals surface area contributed by atoms with Crippen LogP contribution in [0.25, 0.3) is 0 Å². The molecular weight excluding hydrogens is 347 g/mol. The van der Waals surface area contributed by atoms with Crippen molar-refractivity contribution in [2.45, 2.75) is 51.6 Å². The molecule has 1 aliphatic carbocycles. The third-order valence-corrected chi connectivity index (χ3v) is 5.64. The molecule has 1 aromatic heterocycles. The number of rotatable bonds is 5. The van der Waals surface area contributed by atoms with Crippen LogP contribution in [0.15, 0.2) is 18.2 Å². The van der Waals surface area contributed by atoms with Crippen LogP contribution < -0.4 is 5.32 Å². The predicted octanol–water partition coefficient (Wildman–Crippen LogP) is 2.79. The molecule has 27 heavy (non-hydrogen) atoms. The van der Waals surface area contributed by atoms with Crippen molar-refractivity contribution in [3.63, 3.8) is 0 Å². The maximum Gasteiger partial charge on any atom is 0.232 e. The second kappa shape index (κ2) is 6.48. The molecule has 142 valence electrons. The van der Waals surface area contributed by atoms with Crippen molar-refractivity contribution in [2.24, 2.45) is 7.05 Å². The summed E-state index contributed by atoms with van der Waals surface area (Å²) < 4.78 is 15.2. The number of aryl methyl sites for hydroxylation is 2. The first-order valence-corrected chi connectivity index (χ1v) is 9.24. The summed E-state index contributed by atoms with van der Waals surface area (Å²) in [6, 6.07) is 4.46. The lowest BCUT2D eigenvalue weighted by molar-refractivity contribution is -0.134. The zero-order chi connectivity index (χ0) is 19.3. The number of carbonyl (C=O) groups is 2. The summed E-state index contributed by atoms with van der Waals surface area (Å²) in [5.41, 5.74) is 4.20. The molecule has 1 aromatic carbocycles. The number of anilines is 1. The van der Waals surface area contributed by atoms with E-state index in [1.165, 1.54) is 12.1 Å². The van der Waals surface area contributed by atoms with E-state index in [0.29, 0.717) is 17.8 Å². The van der Waals surface area contributed by atoms with Crippen molar-refractivity contribution in [1.29, 1.82) is 0 Å². The maximum absolute atomic E-state index is 13.4. The molecule has 1 N–H and O–H groups in total. The van der Waals surface area contributed by atoms with Gasteiger partial charge in [-0.05, 0) is 44.4 Å². The van der Waals surface area contributed by atoms with Gasteiger partial charge in [0, 0.05) is 43.0 Å². The molecule has 0 bridgehead atoms. The third kappa shape index (κ3) is 3.22. The molecule has 4 rings (SSSR count). The van der Waals surface area contributed by atoms with E-state index in [1.807, 2.05) is 30.5 Å². The number of benzene rings is 1. The summed E-state index contributed by atoms with van der Waals surface area (Å²) in [4.78, 5) is 27.3. The Morgan fingerprint density at radius 2 is 2.11 bits per heavy atom. The summed E-state index contributed by atoms with van der Waals surface area (Å²) >= 11 is 0. The molecule has 6 nitrogen and oxygen atoms in total. The minimum absolute atomic E-state index is 0.0440. The van der Waals surface area contributed by atoms with Gasteiger partial charge in [-0.1, -0.05) is 6.07 Å². The number of aromatic nitrogens is 2. The third-order valence-electron chi connectivity index (χ3n) is 5.64. The van der Waals surface area contributed by atoms with Crippen molar-refractivity contribution in [1.82, 2.24) is 14.7 Å². The number of fused-ring (bicyclic) bond motifs is 1. The van der Waals surface area contributed by atoms with Crippen molar-refractivity contribution in [3.8, 4) is 0 Å². The lowest BCUT2D eigenvalue weighted by Gasteiger charge is -2.24. The van der Waals surface area contributed by atoms with E-state index in [-0.39, 0.29) is 24.3 Å². The molecule has 2 amide bonds. The Balaban J connectivity index is 1.55. The molecule has 7 heteroatoms. The fraction of sp³-hybridized carbons (Fsp3) is 0.450. The minimum atomic E-state index is -0.564. The van der Waals surface area contributed by atoms with Gasteiger partial charge in [0.15, 0.2) is 0 Å². The van der Waals surface area contributed by atoms with Gasteiger partial charge in [0.1, 0.15) is 5.82 Å². The molecule has 1 atom stereocenters. The Bertz CT molecular complexity index is 932. The molecule has 0 unspecified atom stereocenters. The Morgan fingerprint density at radius 1 is 1.37 bits per heavy atom. The number of nitrogens with zero attached hydrogens (tertiary/aromatic N) is 3. The lowest BCUT2D eigenvalue weighted by Crippen LogP contribution is -2.34. The maximum atomic E-state index is 13.4. The Labute approximate surface area is 157 Å². The fourth-order valence-corrected chi connectivity index (χ4v) is 3.82. The highest BCUT2D eigenvalue weighted by Gasteiger charge is 2.38. The quantitative estimate of drug-likeness (QED) is 0.880. The molecular formula is C20H23FN4O2. The standard InChI is InChI=1S/C20H23FN4O2/c1-11-17(12(2)24(3)23-11)10-25(14-5-6-14)19(26)9-16-15-7-4-13(21)8-18(15)22-20(16)27/h4,7-8,14,16H,5-6,9-10H2,1-3H3,(H,22,27)/t16-/m0/s1. The number of halogens is 1. The first kappa shape index (κ1) is 17.7. The highest BCUT2D eigenvalue weighted by molar-refractivity contribution is 6.04. The SMILES string of the molecule is Cc1nn(C)c(C)c1CN(C(=O)C[C@@H]1C(=O)Nc2cc(F)ccc21)C1CC1. The molecule has 1 aliphatic heterocycles. The van der Waals surface area contributed by atoms with Crippen molar-refractivity contribution >= 4 is 17.5 Å². The van der Waals surface area contributed by atoms with Gasteiger partial charge in [-0.25, -0.2) is 4.39 Å². The average molecular weight is 370 g/mol. The van der Waals surface area contributed by atoms with Crippen molar-refractivity contribution in [2.75, 3.05) is 5.32 Å². The second-order valence-corrected chi connectivity index (χ2v) is 7.50. The summed E-state index contributed by atoms with van der Waals surface area (Å²) in [7, 11) is 1.90. The van der Waals surface area contributed by atoms with Gasteiger partial charge in [0.05, 0.1) is 11.6 Å². The van der Waals surface area contributed by atoms with Crippen LogP contribution in [0.4, 0.5) is 10.1 Å². The number of nitrogens with one attached hydrogen (secondary N) is 1. The Kier molecular flexibility index (Phi) is 4.25. The molecule has 2 heterocycles. The van der Waals surface area contributed by atoms with Gasteiger partial charge in [0.25, 0.3) is 0 Å². The van der Waals surface area contributed by atoms with Crippen LogP contribution in [-0.2, 0) is 23.2 Å². The second-order valence-electron chi connectivity index (χ2n) is 7.50. The number of hydrogen-bond acceptors (Lipinski definition) is 3. The molecule has 0 saturated heterocycles. The smallest absolute Gasteiger partial charge is 0.232 e. The summed E-state index contributed by atoms with van der Waals surface area (Å²) in [5.74, 6) is -1.25. The Morgan fingerprint density at radius 3 is 2.74 bits per heavy atom. The van der Waals surface area contributed by atoms with E-state index in [1.54, 1.807) is 6.07 Å². The van der Waals surface area contributed by atoms with E-state index >= 15 is 0 Å². The van der Waals surface area contributed by atoms with E-state index in [9.17, 15) is 14.0 Å². The average Bonchev–Trinajstić information content (AvgIpc) is 3.35. The monoisotopic (exact) mass is 370 g/mol. The molecule has 2 aromatic rings. The normalized spacial score (nSPS) is 18.4. The van der Waals surface area contributed by atoms with Crippen LogP contribution in [-0.4, -0.2) is 32.5 Å². The lowest BCUT2D eigenvalue weighted by atomic mass is 9.96. The van der Waals surface area contributed by atoms with Crippen LogP contribution >= 0.6 is 0 Å². The van der Waals surface area contributed by atoms with Crippen LogP contribution in [0, 0.1) is 19.7 Å². The van der Waals surface area contributed by atoms with Crippen molar-refractivity contribution < 1.29 is 14.0 Å². The minimum Gasteiger partial charge on any atom is -0.335 e. The van der Waals surface area contributed by atoms with Crippen LogP contribution in [0.3, 0.4) is 0 Å². The van der Waals surface area contributed by atoms with E-state index < -0.39 is 11.7 Å². The molecule has 0 spiro atoms. The van der Waals surface area contributed by atoms with E-state index in [2.05, 4.69) is 10.4 Å². The highest BCUT2D eigenvalue weighted by Crippen LogP contribution is 2.37. The molecule has 1 saturated carbocycles. The summed E-state index contributed by atoms with van der Waals surface area (Å²) in [6.45, 7) is 4.47. The first-order valence-electron chi connectivity index (χ1n) is 9.24. The summed E-state index contributed by atoms with van der Waals surface area (Å²) in [6.07, 6.45) is 2.07. The number of amides is 2. The zero-order valence-electron chi connectivity index (χ0n) is 15.8. The van der Waals surface area contributed by atoms with Gasteiger partial charge in [-0.15, -0.1) is 0 Å². The number of carbonyl (C=O) groups excluding carboxylic acids is 2. The Hall–Kier alpha value is -2.70. The van der Waals surface area contributed by atoms with Crippen molar-refractivity contribution in [3.05, 3.63) is 46.5 Å². The van der Waals surface area contributed by atoms with E-state index in [4.69, 9.17) is 0 Å². The molecule has 2 aliphatic rings. The van der Waals surface area contributed by atoms with Crippen LogP contribution in [0.5, 0.6) is 0 Å². The van der Waals surface area contributed by atoms with Gasteiger partial charge < -0.3 is 10.2 Å². The molecule has 1 fully saturated rings. The van der Waals surface area contributed by atoms with E-state index in [0.717, 1.165) is 29.8 Å². The fourth-order valence-electron chi connectivity index (χ4n) is 3.82.